The summed E-state index contributed by atoms with van der Waals surface area (Å²) in [5, 5.41) is 3.82. The lowest BCUT2D eigenvalue weighted by Gasteiger charge is -2.06. The van der Waals surface area contributed by atoms with Crippen molar-refractivity contribution in [3.63, 3.8) is 0 Å². The average molecular weight is 318 g/mol. The second-order valence-corrected chi connectivity index (χ2v) is 4.92. The van der Waals surface area contributed by atoms with Crippen LogP contribution in [0.15, 0.2) is 53.1 Å². The molecular formula is C14H9BrFN3. The summed E-state index contributed by atoms with van der Waals surface area (Å²) < 4.78 is 14.4. The maximum atomic E-state index is 13.7. The van der Waals surface area contributed by atoms with E-state index in [0.717, 1.165) is 10.9 Å². The van der Waals surface area contributed by atoms with Crippen molar-refractivity contribution in [2.45, 2.75) is 0 Å². The van der Waals surface area contributed by atoms with E-state index in [0.29, 0.717) is 16.1 Å². The Bertz CT molecular complexity index is 746. The molecule has 0 aliphatic heterocycles. The number of aromatic nitrogens is 2. The molecule has 1 N–H and O–H groups in total. The van der Waals surface area contributed by atoms with Crippen molar-refractivity contribution in [3.8, 4) is 0 Å². The Hall–Kier alpha value is -2.01. The zero-order valence-corrected chi connectivity index (χ0v) is 11.4. The lowest BCUT2D eigenvalue weighted by atomic mass is 10.2. The van der Waals surface area contributed by atoms with E-state index in [2.05, 4.69) is 31.2 Å². The van der Waals surface area contributed by atoms with Crippen molar-refractivity contribution in [1.82, 2.24) is 9.97 Å². The second-order valence-electron chi connectivity index (χ2n) is 4.00. The van der Waals surface area contributed by atoms with Crippen LogP contribution in [0.4, 0.5) is 16.0 Å². The van der Waals surface area contributed by atoms with Crippen LogP contribution in [0.5, 0.6) is 0 Å². The van der Waals surface area contributed by atoms with Gasteiger partial charge in [0.1, 0.15) is 5.82 Å². The van der Waals surface area contributed by atoms with Crippen molar-refractivity contribution < 1.29 is 4.39 Å². The normalized spacial score (nSPS) is 10.6. The number of fused-ring (bicyclic) bond motifs is 1. The van der Waals surface area contributed by atoms with Gasteiger partial charge < -0.3 is 5.32 Å². The highest BCUT2D eigenvalue weighted by molar-refractivity contribution is 9.10. The topological polar surface area (TPSA) is 37.8 Å². The van der Waals surface area contributed by atoms with Crippen LogP contribution in [0.1, 0.15) is 0 Å². The number of nitrogens with one attached hydrogen (secondary N) is 1. The van der Waals surface area contributed by atoms with E-state index in [1.165, 1.54) is 6.07 Å². The summed E-state index contributed by atoms with van der Waals surface area (Å²) in [6.45, 7) is 0. The lowest BCUT2D eigenvalue weighted by Crippen LogP contribution is -1.99. The molecule has 0 bridgehead atoms. The first-order chi connectivity index (χ1) is 9.22. The summed E-state index contributed by atoms with van der Waals surface area (Å²) in [5.41, 5.74) is 1.16. The third kappa shape index (κ3) is 2.56. The fourth-order valence-corrected chi connectivity index (χ4v) is 2.08. The van der Waals surface area contributed by atoms with Gasteiger partial charge in [-0.1, -0.05) is 34.1 Å². The van der Waals surface area contributed by atoms with Gasteiger partial charge in [0.25, 0.3) is 0 Å². The minimum Gasteiger partial charge on any atom is -0.322 e. The van der Waals surface area contributed by atoms with Crippen LogP contribution in [0.3, 0.4) is 0 Å². The average Bonchev–Trinajstić information content (AvgIpc) is 2.42. The zero-order chi connectivity index (χ0) is 13.2. The van der Waals surface area contributed by atoms with Crippen molar-refractivity contribution in [2.75, 3.05) is 5.32 Å². The van der Waals surface area contributed by atoms with Crippen LogP contribution in [-0.4, -0.2) is 9.97 Å². The first kappa shape index (κ1) is 12.0. The maximum absolute atomic E-state index is 13.7. The third-order valence-electron chi connectivity index (χ3n) is 2.67. The Balaban J connectivity index is 1.96. The highest BCUT2D eigenvalue weighted by atomic mass is 79.9. The number of hydrogen-bond acceptors (Lipinski definition) is 3. The predicted octanol–water partition coefficient (Wildman–Crippen LogP) is 4.28. The van der Waals surface area contributed by atoms with Crippen LogP contribution in [0.25, 0.3) is 10.9 Å². The SMILES string of the molecule is Fc1cc(Br)ccc1Nc1ncc2ccccc2n1. The van der Waals surface area contributed by atoms with Gasteiger partial charge >= 0.3 is 0 Å². The Kier molecular flexibility index (Phi) is 3.13. The predicted molar refractivity (Wildman–Crippen MR) is 76.9 cm³/mol. The second kappa shape index (κ2) is 4.93. The first-order valence-corrected chi connectivity index (χ1v) is 6.45. The van der Waals surface area contributed by atoms with Crippen molar-refractivity contribution in [1.29, 1.82) is 0 Å². The smallest absolute Gasteiger partial charge is 0.227 e. The zero-order valence-electron chi connectivity index (χ0n) is 9.77. The van der Waals surface area contributed by atoms with E-state index in [1.807, 2.05) is 24.3 Å². The molecule has 0 fully saturated rings. The number of benzene rings is 2. The fraction of sp³-hybridized carbons (Fsp3) is 0. The molecule has 2 aromatic carbocycles. The van der Waals surface area contributed by atoms with Crippen molar-refractivity contribution in [3.05, 3.63) is 59.0 Å². The summed E-state index contributed by atoms with van der Waals surface area (Å²) in [5.74, 6) is 0.0195. The summed E-state index contributed by atoms with van der Waals surface area (Å²) in [7, 11) is 0. The fourth-order valence-electron chi connectivity index (χ4n) is 1.74. The van der Waals surface area contributed by atoms with Crippen LogP contribution >= 0.6 is 15.9 Å². The molecule has 1 aromatic heterocycles. The highest BCUT2D eigenvalue weighted by Crippen LogP contribution is 2.22. The molecule has 0 aliphatic carbocycles. The minimum absolute atomic E-state index is 0.346. The molecule has 3 aromatic rings. The van der Waals surface area contributed by atoms with Crippen molar-refractivity contribution in [2.24, 2.45) is 0 Å². The number of anilines is 2. The van der Waals surface area contributed by atoms with Gasteiger partial charge in [0.15, 0.2) is 0 Å². The van der Waals surface area contributed by atoms with Gasteiger partial charge in [0.05, 0.1) is 11.2 Å². The molecule has 0 radical (unpaired) electrons. The molecule has 0 amide bonds. The number of nitrogens with zero attached hydrogens (tertiary/aromatic N) is 2. The molecule has 19 heavy (non-hydrogen) atoms. The quantitative estimate of drug-likeness (QED) is 0.766. The molecule has 1 heterocycles. The molecule has 3 rings (SSSR count). The molecular weight excluding hydrogens is 309 g/mol. The molecule has 0 saturated heterocycles. The Morgan fingerprint density at radius 3 is 2.79 bits per heavy atom. The van der Waals surface area contributed by atoms with Gasteiger partial charge in [-0.3, -0.25) is 0 Å². The van der Waals surface area contributed by atoms with E-state index in [-0.39, 0.29) is 5.82 Å². The first-order valence-electron chi connectivity index (χ1n) is 5.66. The van der Waals surface area contributed by atoms with E-state index < -0.39 is 0 Å². The molecule has 3 nitrogen and oxygen atoms in total. The molecule has 0 unspecified atom stereocenters. The van der Waals surface area contributed by atoms with Gasteiger partial charge in [-0.25, -0.2) is 14.4 Å². The van der Waals surface area contributed by atoms with E-state index >= 15 is 0 Å². The van der Waals surface area contributed by atoms with E-state index in [1.54, 1.807) is 18.3 Å². The summed E-state index contributed by atoms with van der Waals surface area (Å²) in [6, 6.07) is 12.4. The van der Waals surface area contributed by atoms with Gasteiger partial charge in [-0.05, 0) is 24.3 Å². The molecule has 0 atom stereocenters. The van der Waals surface area contributed by atoms with Crippen molar-refractivity contribution >= 4 is 38.5 Å². The van der Waals surface area contributed by atoms with Gasteiger partial charge in [0, 0.05) is 16.1 Å². The van der Waals surface area contributed by atoms with Crippen LogP contribution in [0.2, 0.25) is 0 Å². The Morgan fingerprint density at radius 1 is 1.11 bits per heavy atom. The Labute approximate surface area is 117 Å². The van der Waals surface area contributed by atoms with E-state index in [9.17, 15) is 4.39 Å². The molecule has 0 saturated carbocycles. The standard InChI is InChI=1S/C14H9BrFN3/c15-10-5-6-13(11(16)7-10)19-14-17-8-9-3-1-2-4-12(9)18-14/h1-8H,(H,17,18,19). The number of para-hydroxylation sites is 1. The highest BCUT2D eigenvalue weighted by Gasteiger charge is 2.05. The minimum atomic E-state index is -0.355. The maximum Gasteiger partial charge on any atom is 0.227 e. The van der Waals surface area contributed by atoms with E-state index in [4.69, 9.17) is 0 Å². The molecule has 5 heteroatoms. The van der Waals surface area contributed by atoms with Crippen LogP contribution in [0, 0.1) is 5.82 Å². The van der Waals surface area contributed by atoms with Crippen LogP contribution < -0.4 is 5.32 Å². The van der Waals surface area contributed by atoms with Gasteiger partial charge in [-0.15, -0.1) is 0 Å². The third-order valence-corrected chi connectivity index (χ3v) is 3.16. The number of hydrogen-bond donors (Lipinski definition) is 1. The summed E-state index contributed by atoms with van der Waals surface area (Å²) in [4.78, 5) is 8.50. The van der Waals surface area contributed by atoms with Crippen LogP contribution in [-0.2, 0) is 0 Å². The largest absolute Gasteiger partial charge is 0.322 e. The van der Waals surface area contributed by atoms with Gasteiger partial charge in [0.2, 0.25) is 5.95 Å². The monoisotopic (exact) mass is 317 g/mol. The molecule has 0 spiro atoms. The number of halogens is 2. The Morgan fingerprint density at radius 2 is 1.95 bits per heavy atom. The lowest BCUT2D eigenvalue weighted by molar-refractivity contribution is 0.631. The number of rotatable bonds is 2. The molecule has 94 valence electrons. The summed E-state index contributed by atoms with van der Waals surface area (Å²) >= 11 is 3.22. The van der Waals surface area contributed by atoms with Gasteiger partial charge in [-0.2, -0.15) is 0 Å². The molecule has 0 aliphatic rings. The summed E-state index contributed by atoms with van der Waals surface area (Å²) in [6.07, 6.45) is 1.71.